The molecule has 2 amide bonds. The Morgan fingerprint density at radius 1 is 1.09 bits per heavy atom. The minimum absolute atomic E-state index is 0.107. The lowest BCUT2D eigenvalue weighted by atomic mass is 9.98. The van der Waals surface area contributed by atoms with Gasteiger partial charge in [-0.3, -0.25) is 19.3 Å². The van der Waals surface area contributed by atoms with Gasteiger partial charge >= 0.3 is 5.97 Å². The summed E-state index contributed by atoms with van der Waals surface area (Å²) >= 11 is 0. The van der Waals surface area contributed by atoms with E-state index in [2.05, 4.69) is 0 Å². The molecule has 0 aliphatic carbocycles. The lowest BCUT2D eigenvalue weighted by Crippen LogP contribution is -2.31. The molecule has 0 bridgehead atoms. The van der Waals surface area contributed by atoms with Crippen molar-refractivity contribution >= 4 is 17.8 Å². The van der Waals surface area contributed by atoms with Gasteiger partial charge in [0.05, 0.1) is 5.92 Å². The number of carboxylic acid groups (broad SMARTS) is 1. The van der Waals surface area contributed by atoms with Crippen molar-refractivity contribution in [3.63, 3.8) is 0 Å². The fourth-order valence-corrected chi connectivity index (χ4v) is 2.76. The van der Waals surface area contributed by atoms with Crippen LogP contribution in [0.1, 0.15) is 50.0 Å². The van der Waals surface area contributed by atoms with Crippen molar-refractivity contribution < 1.29 is 19.5 Å². The highest BCUT2D eigenvalue weighted by atomic mass is 16.4. The molecule has 118 valence electrons. The first-order chi connectivity index (χ1) is 10.6. The second-order valence-corrected chi connectivity index (χ2v) is 5.61. The van der Waals surface area contributed by atoms with Crippen molar-refractivity contribution in [2.24, 2.45) is 0 Å². The monoisotopic (exact) mass is 303 g/mol. The number of hydrogen-bond acceptors (Lipinski definition) is 3. The molecule has 1 saturated heterocycles. The molecule has 0 saturated carbocycles. The van der Waals surface area contributed by atoms with E-state index < -0.39 is 5.97 Å². The smallest absolute Gasteiger partial charge is 0.303 e. The highest BCUT2D eigenvalue weighted by molar-refractivity contribution is 6.06. The van der Waals surface area contributed by atoms with Crippen molar-refractivity contribution in [3.05, 3.63) is 35.9 Å². The molecule has 5 nitrogen and oxygen atoms in total. The maximum absolute atomic E-state index is 12.4. The van der Waals surface area contributed by atoms with Gasteiger partial charge in [-0.2, -0.15) is 0 Å². The molecule has 0 spiro atoms. The Morgan fingerprint density at radius 3 is 2.45 bits per heavy atom. The van der Waals surface area contributed by atoms with Gasteiger partial charge in [-0.25, -0.2) is 0 Å². The molecular weight excluding hydrogens is 282 g/mol. The van der Waals surface area contributed by atoms with Gasteiger partial charge in [-0.05, 0) is 18.4 Å². The number of hydrogen-bond donors (Lipinski definition) is 1. The van der Waals surface area contributed by atoms with Gasteiger partial charge < -0.3 is 5.11 Å². The number of carboxylic acids is 1. The van der Waals surface area contributed by atoms with E-state index in [1.54, 1.807) is 0 Å². The zero-order valence-corrected chi connectivity index (χ0v) is 12.5. The Bertz CT molecular complexity index is 541. The van der Waals surface area contributed by atoms with Gasteiger partial charge in [0.15, 0.2) is 0 Å². The lowest BCUT2D eigenvalue weighted by molar-refractivity contribution is -0.139. The average molecular weight is 303 g/mol. The molecule has 1 aliphatic heterocycles. The summed E-state index contributed by atoms with van der Waals surface area (Å²) in [5.74, 6) is -1.34. The second kappa shape index (κ2) is 7.73. The third-order valence-corrected chi connectivity index (χ3v) is 3.97. The molecular formula is C17H21NO4. The highest BCUT2D eigenvalue weighted by Crippen LogP contribution is 2.29. The van der Waals surface area contributed by atoms with Gasteiger partial charge in [-0.15, -0.1) is 0 Å². The van der Waals surface area contributed by atoms with Crippen LogP contribution in [0.15, 0.2) is 30.3 Å². The van der Waals surface area contributed by atoms with Crippen LogP contribution in [0.4, 0.5) is 0 Å². The fourth-order valence-electron chi connectivity index (χ4n) is 2.76. The standard InChI is InChI=1S/C17H21NO4/c19-15-12-14(13-8-4-3-5-9-13)17(22)18(15)11-7-2-1-6-10-16(20)21/h3-5,8-9,14H,1-2,6-7,10-12H2,(H,20,21)/t14-/m0/s1. The third-order valence-electron chi connectivity index (χ3n) is 3.97. The SMILES string of the molecule is O=C(O)CCCCCCN1C(=O)C[C@@H](c2ccccc2)C1=O. The molecule has 1 aliphatic rings. The van der Waals surface area contributed by atoms with Crippen LogP contribution in [0.25, 0.3) is 0 Å². The van der Waals surface area contributed by atoms with Crippen molar-refractivity contribution in [3.8, 4) is 0 Å². The number of rotatable bonds is 8. The number of benzene rings is 1. The number of imide groups is 1. The first kappa shape index (κ1) is 16.2. The van der Waals surface area contributed by atoms with Crippen molar-refractivity contribution in [2.75, 3.05) is 6.54 Å². The summed E-state index contributed by atoms with van der Waals surface area (Å²) in [4.78, 5) is 36.1. The molecule has 1 aromatic rings. The molecule has 0 unspecified atom stereocenters. The minimum Gasteiger partial charge on any atom is -0.481 e. The van der Waals surface area contributed by atoms with E-state index in [9.17, 15) is 14.4 Å². The predicted molar refractivity (Wildman–Crippen MR) is 81.2 cm³/mol. The summed E-state index contributed by atoms with van der Waals surface area (Å²) in [6, 6.07) is 9.40. The summed E-state index contributed by atoms with van der Waals surface area (Å²) in [5, 5.41) is 8.55. The molecule has 1 heterocycles. The minimum atomic E-state index is -0.782. The zero-order valence-electron chi connectivity index (χ0n) is 12.5. The summed E-state index contributed by atoms with van der Waals surface area (Å²) in [7, 11) is 0. The topological polar surface area (TPSA) is 74.7 Å². The van der Waals surface area contributed by atoms with E-state index in [-0.39, 0.29) is 30.6 Å². The maximum atomic E-state index is 12.4. The van der Waals surface area contributed by atoms with E-state index in [0.29, 0.717) is 13.0 Å². The van der Waals surface area contributed by atoms with Gasteiger partial charge in [-0.1, -0.05) is 43.2 Å². The second-order valence-electron chi connectivity index (χ2n) is 5.61. The average Bonchev–Trinajstić information content (AvgIpc) is 2.79. The largest absolute Gasteiger partial charge is 0.481 e. The van der Waals surface area contributed by atoms with Gasteiger partial charge in [0.25, 0.3) is 0 Å². The quantitative estimate of drug-likeness (QED) is 0.591. The van der Waals surface area contributed by atoms with Crippen LogP contribution in [0.2, 0.25) is 0 Å². The van der Waals surface area contributed by atoms with Crippen LogP contribution in [0, 0.1) is 0 Å². The third kappa shape index (κ3) is 4.16. The summed E-state index contributed by atoms with van der Waals surface area (Å²) in [6.45, 7) is 0.439. The highest BCUT2D eigenvalue weighted by Gasteiger charge is 2.38. The molecule has 1 N–H and O–H groups in total. The normalized spacial score (nSPS) is 18.0. The van der Waals surface area contributed by atoms with E-state index in [0.717, 1.165) is 24.8 Å². The van der Waals surface area contributed by atoms with Gasteiger partial charge in [0.1, 0.15) is 0 Å². The number of nitrogens with zero attached hydrogens (tertiary/aromatic N) is 1. The van der Waals surface area contributed by atoms with E-state index in [1.807, 2.05) is 30.3 Å². The zero-order chi connectivity index (χ0) is 15.9. The Kier molecular flexibility index (Phi) is 5.69. The first-order valence-electron chi connectivity index (χ1n) is 7.70. The molecule has 0 radical (unpaired) electrons. The molecule has 2 rings (SSSR count). The van der Waals surface area contributed by atoms with Crippen LogP contribution in [-0.4, -0.2) is 34.3 Å². The maximum Gasteiger partial charge on any atom is 0.303 e. The molecule has 5 heteroatoms. The Hall–Kier alpha value is -2.17. The van der Waals surface area contributed by atoms with Crippen LogP contribution < -0.4 is 0 Å². The van der Waals surface area contributed by atoms with E-state index in [4.69, 9.17) is 5.11 Å². The number of aliphatic carboxylic acids is 1. The van der Waals surface area contributed by atoms with Crippen molar-refractivity contribution in [1.29, 1.82) is 0 Å². The van der Waals surface area contributed by atoms with Gasteiger partial charge in [0.2, 0.25) is 11.8 Å². The van der Waals surface area contributed by atoms with Crippen LogP contribution in [0.5, 0.6) is 0 Å². The Morgan fingerprint density at radius 2 is 1.77 bits per heavy atom. The van der Waals surface area contributed by atoms with Crippen molar-refractivity contribution in [2.45, 2.75) is 44.4 Å². The predicted octanol–water partition coefficient (Wildman–Crippen LogP) is 2.56. The summed E-state index contributed by atoms with van der Waals surface area (Å²) in [6.07, 6.45) is 3.45. The van der Waals surface area contributed by atoms with Crippen LogP contribution in [-0.2, 0) is 14.4 Å². The van der Waals surface area contributed by atoms with Crippen LogP contribution >= 0.6 is 0 Å². The lowest BCUT2D eigenvalue weighted by Gasteiger charge is -2.15. The van der Waals surface area contributed by atoms with Crippen molar-refractivity contribution in [1.82, 2.24) is 4.90 Å². The van der Waals surface area contributed by atoms with E-state index in [1.165, 1.54) is 4.90 Å². The van der Waals surface area contributed by atoms with Gasteiger partial charge in [0, 0.05) is 19.4 Å². The number of carbonyl (C=O) groups excluding carboxylic acids is 2. The van der Waals surface area contributed by atoms with Crippen LogP contribution in [0.3, 0.4) is 0 Å². The number of amides is 2. The first-order valence-corrected chi connectivity index (χ1v) is 7.70. The molecule has 1 atom stereocenters. The molecule has 22 heavy (non-hydrogen) atoms. The summed E-state index contributed by atoms with van der Waals surface area (Å²) in [5.41, 5.74) is 0.893. The Balaban J connectivity index is 1.79. The summed E-state index contributed by atoms with van der Waals surface area (Å²) < 4.78 is 0. The molecule has 1 aromatic carbocycles. The number of unbranched alkanes of at least 4 members (excludes halogenated alkanes) is 3. The van der Waals surface area contributed by atoms with E-state index >= 15 is 0 Å². The number of carbonyl (C=O) groups is 3. The molecule has 1 fully saturated rings. The molecule has 0 aromatic heterocycles. The number of likely N-dealkylation sites (tertiary alicyclic amines) is 1. The Labute approximate surface area is 129 Å². The fraction of sp³-hybridized carbons (Fsp3) is 0.471.